The Bertz CT molecular complexity index is 1270. The van der Waals surface area contributed by atoms with Crippen LogP contribution < -0.4 is 36.5 Å². The summed E-state index contributed by atoms with van der Waals surface area (Å²) in [4.78, 5) is 16.2. The van der Waals surface area contributed by atoms with E-state index in [2.05, 4.69) is 86.5 Å². The third-order valence-electron chi connectivity index (χ3n) is 8.22. The van der Waals surface area contributed by atoms with Crippen LogP contribution in [-0.2, 0) is 18.5 Å². The summed E-state index contributed by atoms with van der Waals surface area (Å²) in [7, 11) is 1.69. The Morgan fingerprint density at radius 1 is 0.889 bits per heavy atom. The van der Waals surface area contributed by atoms with E-state index in [1.165, 1.54) is 81.1 Å². The van der Waals surface area contributed by atoms with Crippen LogP contribution in [-0.4, -0.2) is 19.7 Å². The van der Waals surface area contributed by atoms with Crippen molar-refractivity contribution in [3.05, 3.63) is 75.7 Å². The van der Waals surface area contributed by atoms with E-state index in [-0.39, 0.29) is 28.4 Å². The van der Waals surface area contributed by atoms with Crippen molar-refractivity contribution in [2.75, 3.05) is 18.6 Å². The predicted molar refractivity (Wildman–Crippen MR) is 187 cm³/mol. The second-order valence-electron chi connectivity index (χ2n) is 13.3. The van der Waals surface area contributed by atoms with Crippen LogP contribution in [0.2, 0.25) is 0 Å². The van der Waals surface area contributed by atoms with E-state index < -0.39 is 0 Å². The number of amides is 2. The number of hydrogen-bond donors (Lipinski definition) is 1. The summed E-state index contributed by atoms with van der Waals surface area (Å²) in [6, 6.07) is 14.6. The number of hydrogen-bond acceptors (Lipinski definition) is 3. The lowest BCUT2D eigenvalue weighted by Crippen LogP contribution is -3.00. The van der Waals surface area contributed by atoms with Crippen LogP contribution in [0.15, 0.2) is 54.2 Å². The van der Waals surface area contributed by atoms with Crippen LogP contribution in [0.3, 0.4) is 0 Å². The molecule has 0 aliphatic carbocycles. The Morgan fingerprint density at radius 2 is 1.53 bits per heavy atom. The molecular weight excluding hydrogens is 642 g/mol. The number of aryl methyl sites for hydroxylation is 1. The average molecular weight is 701 g/mol. The number of urea groups is 1. The normalized spacial score (nSPS) is 11.2. The van der Waals surface area contributed by atoms with E-state index in [1.807, 2.05) is 17.0 Å². The minimum absolute atomic E-state index is 0. The highest BCUT2D eigenvalue weighted by atomic mass is 79.9. The molecule has 0 saturated carbocycles. The van der Waals surface area contributed by atoms with Gasteiger partial charge in [0.25, 0.3) is 0 Å². The minimum Gasteiger partial charge on any atom is -1.00 e. The molecule has 2 amide bonds. The number of halogens is 1. The summed E-state index contributed by atoms with van der Waals surface area (Å²) < 4.78 is 8.54. The zero-order valence-corrected chi connectivity index (χ0v) is 31.2. The average Bonchev–Trinajstić information content (AvgIpc) is 3.41. The van der Waals surface area contributed by atoms with Gasteiger partial charge in [-0.2, -0.15) is 4.57 Å². The van der Waals surface area contributed by atoms with Gasteiger partial charge >= 0.3 is 6.03 Å². The quantitative estimate of drug-likeness (QED) is 0.107. The molecule has 1 aromatic heterocycles. The van der Waals surface area contributed by atoms with Crippen molar-refractivity contribution in [1.29, 1.82) is 0 Å². The maximum atomic E-state index is 13.1. The Hall–Kier alpha value is -2.38. The third-order valence-corrected chi connectivity index (χ3v) is 9.07. The van der Waals surface area contributed by atoms with E-state index in [0.717, 1.165) is 42.1 Å². The lowest BCUT2D eigenvalue weighted by atomic mass is 9.85. The number of rotatable bonds is 19. The third kappa shape index (κ3) is 13.9. The molecule has 0 spiro atoms. The number of ether oxygens (including phenoxy) is 1. The molecule has 7 heteroatoms. The molecule has 1 N–H and O–H groups in total. The largest absolute Gasteiger partial charge is 1.00 e. The minimum atomic E-state index is -0.120. The first-order valence-corrected chi connectivity index (χ1v) is 17.9. The van der Waals surface area contributed by atoms with Crippen LogP contribution in [0.5, 0.6) is 5.75 Å². The monoisotopic (exact) mass is 699 g/mol. The highest BCUT2D eigenvalue weighted by Crippen LogP contribution is 2.33. The molecule has 0 radical (unpaired) electrons. The van der Waals surface area contributed by atoms with Crippen molar-refractivity contribution in [2.45, 2.75) is 130 Å². The van der Waals surface area contributed by atoms with E-state index in [4.69, 9.17) is 4.74 Å². The van der Waals surface area contributed by atoms with Gasteiger partial charge < -0.3 is 27.0 Å². The topological polar surface area (TPSA) is 45.5 Å². The summed E-state index contributed by atoms with van der Waals surface area (Å²) in [5, 5.41) is 2.84. The molecule has 45 heavy (non-hydrogen) atoms. The Morgan fingerprint density at radius 3 is 2.11 bits per heavy atom. The predicted octanol–water partition coefficient (Wildman–Crippen LogP) is 7.12. The van der Waals surface area contributed by atoms with Gasteiger partial charge in [0.05, 0.1) is 18.0 Å². The van der Waals surface area contributed by atoms with Gasteiger partial charge in [0.2, 0.25) is 5.51 Å². The Balaban J connectivity index is 0.00000705. The van der Waals surface area contributed by atoms with Gasteiger partial charge in [-0.1, -0.05) is 128 Å². The van der Waals surface area contributed by atoms with E-state index >= 15 is 0 Å². The van der Waals surface area contributed by atoms with Gasteiger partial charge in [0.15, 0.2) is 12.7 Å². The van der Waals surface area contributed by atoms with Gasteiger partial charge in [0.1, 0.15) is 5.75 Å². The zero-order valence-electron chi connectivity index (χ0n) is 28.8. The van der Waals surface area contributed by atoms with Crippen LogP contribution in [0.1, 0.15) is 126 Å². The maximum absolute atomic E-state index is 13.1. The molecule has 0 atom stereocenters. The second-order valence-corrected chi connectivity index (χ2v) is 14.4. The van der Waals surface area contributed by atoms with Gasteiger partial charge in [0, 0.05) is 18.3 Å². The molecule has 0 saturated heterocycles. The number of nitrogens with one attached hydrogen (secondary N) is 1. The van der Waals surface area contributed by atoms with Crippen molar-refractivity contribution in [1.82, 2.24) is 5.32 Å². The van der Waals surface area contributed by atoms with Crippen LogP contribution in [0.25, 0.3) is 0 Å². The number of benzene rings is 2. The summed E-state index contributed by atoms with van der Waals surface area (Å²) in [5.74, 6) is 0.959. The van der Waals surface area contributed by atoms with E-state index in [9.17, 15) is 4.79 Å². The highest BCUT2D eigenvalue weighted by Gasteiger charge is 2.22. The molecule has 250 valence electrons. The summed E-state index contributed by atoms with van der Waals surface area (Å²) in [6.45, 7) is 13.1. The standard InChI is InChI=1S/C38H57N3O2S.BrH/c1-7-8-9-10-11-12-13-14-15-16-17-18-24-43-36-23-22-33(26-35(36)38(3,4)5)29-41(37(42)39-6)34-21-19-20-32(25-34)28-40-27-31(2)44-30-40;/h19-23,25-27,30H,7-18,24,28-29H2,1-6H3;1H. The van der Waals surface area contributed by atoms with Crippen molar-refractivity contribution in [3.8, 4) is 5.75 Å². The lowest BCUT2D eigenvalue weighted by Gasteiger charge is -2.26. The lowest BCUT2D eigenvalue weighted by molar-refractivity contribution is -0.683. The van der Waals surface area contributed by atoms with Crippen molar-refractivity contribution in [2.24, 2.45) is 0 Å². The Labute approximate surface area is 288 Å². The van der Waals surface area contributed by atoms with Gasteiger partial charge in [-0.3, -0.25) is 4.90 Å². The van der Waals surface area contributed by atoms with Crippen LogP contribution in [0.4, 0.5) is 10.5 Å². The molecule has 0 aliphatic rings. The first-order chi connectivity index (χ1) is 21.2. The number of carbonyl (C=O) groups is 1. The number of nitrogens with zero attached hydrogens (tertiary/aromatic N) is 2. The fraction of sp³-hybridized carbons (Fsp3) is 0.579. The molecule has 0 unspecified atom stereocenters. The molecule has 3 rings (SSSR count). The number of anilines is 1. The van der Waals surface area contributed by atoms with Gasteiger partial charge in [-0.05, 0) is 54.2 Å². The zero-order chi connectivity index (χ0) is 31.8. The number of thiazole rings is 1. The van der Waals surface area contributed by atoms with Crippen molar-refractivity contribution in [3.63, 3.8) is 0 Å². The molecule has 0 aliphatic heterocycles. The van der Waals surface area contributed by atoms with E-state index in [0.29, 0.717) is 6.54 Å². The molecule has 0 fully saturated rings. The fourth-order valence-electron chi connectivity index (χ4n) is 5.67. The molecule has 2 aromatic carbocycles. The number of carbonyl (C=O) groups excluding carboxylic acids is 1. The summed E-state index contributed by atoms with van der Waals surface area (Å²) >= 11 is 1.74. The van der Waals surface area contributed by atoms with Crippen molar-refractivity contribution < 1.29 is 31.1 Å². The fourth-order valence-corrected chi connectivity index (χ4v) is 6.31. The number of unbranched alkanes of at least 4 members (excludes halogenated alkanes) is 11. The van der Waals surface area contributed by atoms with Gasteiger partial charge in [-0.25, -0.2) is 4.79 Å². The van der Waals surface area contributed by atoms with E-state index in [1.54, 1.807) is 18.4 Å². The molecular formula is C38H58BrN3O2S. The SMILES string of the molecule is CCCCCCCCCCCCCCOc1ccc(CN(C(=O)NC)c2cccc(C[n+]3csc(C)c3)c2)cc1C(C)(C)C.[Br-]. The Kier molecular flexibility index (Phi) is 17.8. The first kappa shape index (κ1) is 38.8. The summed E-state index contributed by atoms with van der Waals surface area (Å²) in [6.07, 6.45) is 18.2. The molecule has 5 nitrogen and oxygen atoms in total. The first-order valence-electron chi connectivity index (χ1n) is 17.0. The van der Waals surface area contributed by atoms with Crippen LogP contribution >= 0.6 is 11.3 Å². The molecule has 3 aromatic rings. The maximum Gasteiger partial charge on any atom is 0.321 e. The second kappa shape index (κ2) is 20.7. The highest BCUT2D eigenvalue weighted by molar-refractivity contribution is 7.09. The molecule has 1 heterocycles. The summed E-state index contributed by atoms with van der Waals surface area (Å²) in [5.41, 5.74) is 6.38. The molecule has 0 bridgehead atoms. The van der Waals surface area contributed by atoms with Gasteiger partial charge in [-0.15, -0.1) is 0 Å². The van der Waals surface area contributed by atoms with Crippen LogP contribution in [0, 0.1) is 6.92 Å². The smallest absolute Gasteiger partial charge is 0.321 e. The number of aromatic nitrogens is 1. The van der Waals surface area contributed by atoms with Crippen molar-refractivity contribution >= 4 is 23.1 Å².